The van der Waals surface area contributed by atoms with Gasteiger partial charge in [-0.15, -0.1) is 0 Å². The Hall–Kier alpha value is -2.12. The van der Waals surface area contributed by atoms with E-state index in [0.717, 1.165) is 50.6 Å². The summed E-state index contributed by atoms with van der Waals surface area (Å²) in [6.07, 6.45) is 4.31. The first kappa shape index (κ1) is 19.2. The van der Waals surface area contributed by atoms with Crippen molar-refractivity contribution in [3.63, 3.8) is 0 Å². The summed E-state index contributed by atoms with van der Waals surface area (Å²) in [4.78, 5) is 23.8. The molecule has 4 rings (SSSR count). The fourth-order valence-electron chi connectivity index (χ4n) is 3.80. The normalized spacial score (nSPS) is 19.4. The smallest absolute Gasteiger partial charge is 0.236 e. The molecule has 2 aliphatic rings. The minimum Gasteiger partial charge on any atom is -0.378 e. The third-order valence-electron chi connectivity index (χ3n) is 5.66. The average molecular weight is 386 g/mol. The van der Waals surface area contributed by atoms with Gasteiger partial charge in [0.2, 0.25) is 5.91 Å². The Bertz CT molecular complexity index is 827. The van der Waals surface area contributed by atoms with Crippen molar-refractivity contribution in [3.05, 3.63) is 30.2 Å². The number of anilines is 1. The molecule has 4 heterocycles. The van der Waals surface area contributed by atoms with Crippen LogP contribution in [-0.4, -0.2) is 84.1 Å². The van der Waals surface area contributed by atoms with E-state index in [4.69, 9.17) is 9.72 Å². The molecule has 0 saturated carbocycles. The summed E-state index contributed by atoms with van der Waals surface area (Å²) < 4.78 is 7.46. The molecule has 0 aliphatic carbocycles. The Morgan fingerprint density at radius 2 is 1.75 bits per heavy atom. The van der Waals surface area contributed by atoms with Crippen molar-refractivity contribution < 1.29 is 9.53 Å². The molecule has 0 unspecified atom stereocenters. The summed E-state index contributed by atoms with van der Waals surface area (Å²) in [6.45, 7) is 13.5. The monoisotopic (exact) mass is 385 g/mol. The Labute approximate surface area is 166 Å². The van der Waals surface area contributed by atoms with Gasteiger partial charge in [0.25, 0.3) is 0 Å². The van der Waals surface area contributed by atoms with Gasteiger partial charge in [0, 0.05) is 57.1 Å². The standard InChI is InChI=1S/C21H31N5O2/c1-21(2,3)18-15-26-14-17(4-5-19(26)22-18)24-8-6-23(7-9-24)16-20(27)25-10-12-28-13-11-25/h4-5,14-15H,6-13,16H2,1-3H3. The first-order chi connectivity index (χ1) is 13.4. The summed E-state index contributed by atoms with van der Waals surface area (Å²) >= 11 is 0. The number of aromatic nitrogens is 2. The number of imidazole rings is 1. The van der Waals surface area contributed by atoms with Gasteiger partial charge < -0.3 is 18.9 Å². The topological polar surface area (TPSA) is 53.3 Å². The maximum atomic E-state index is 12.5. The van der Waals surface area contributed by atoms with E-state index < -0.39 is 0 Å². The molecule has 28 heavy (non-hydrogen) atoms. The van der Waals surface area contributed by atoms with Crippen molar-refractivity contribution in [1.82, 2.24) is 19.2 Å². The lowest BCUT2D eigenvalue weighted by atomic mass is 9.93. The summed E-state index contributed by atoms with van der Waals surface area (Å²) in [5.41, 5.74) is 3.36. The SMILES string of the molecule is CC(C)(C)c1cn2cc(N3CCN(CC(=O)N4CCOCC4)CC3)ccc2n1. The number of rotatable bonds is 3. The summed E-state index contributed by atoms with van der Waals surface area (Å²) in [5, 5.41) is 0. The molecule has 2 saturated heterocycles. The van der Waals surface area contributed by atoms with Crippen LogP contribution in [-0.2, 0) is 14.9 Å². The molecule has 0 N–H and O–H groups in total. The van der Waals surface area contributed by atoms with E-state index in [1.807, 2.05) is 4.90 Å². The molecule has 2 aromatic rings. The summed E-state index contributed by atoms with van der Waals surface area (Å²) in [6, 6.07) is 4.25. The van der Waals surface area contributed by atoms with E-state index in [2.05, 4.69) is 59.5 Å². The molecule has 2 aromatic heterocycles. The second kappa shape index (κ2) is 7.72. The van der Waals surface area contributed by atoms with Crippen molar-refractivity contribution in [2.75, 3.05) is 63.9 Å². The molecule has 0 bridgehead atoms. The second-order valence-electron chi connectivity index (χ2n) is 8.79. The number of morpholine rings is 1. The first-order valence-electron chi connectivity index (χ1n) is 10.2. The highest BCUT2D eigenvalue weighted by Gasteiger charge is 2.23. The van der Waals surface area contributed by atoms with Crippen molar-refractivity contribution >= 4 is 17.2 Å². The van der Waals surface area contributed by atoms with E-state index in [0.29, 0.717) is 19.8 Å². The van der Waals surface area contributed by atoms with Crippen LogP contribution < -0.4 is 4.90 Å². The summed E-state index contributed by atoms with van der Waals surface area (Å²) in [5.74, 6) is 0.228. The maximum absolute atomic E-state index is 12.5. The van der Waals surface area contributed by atoms with Crippen LogP contribution in [0.5, 0.6) is 0 Å². The van der Waals surface area contributed by atoms with Gasteiger partial charge in [0.1, 0.15) is 5.65 Å². The number of carbonyl (C=O) groups is 1. The lowest BCUT2D eigenvalue weighted by Crippen LogP contribution is -2.51. The van der Waals surface area contributed by atoms with Gasteiger partial charge in [-0.1, -0.05) is 20.8 Å². The molecule has 2 fully saturated rings. The zero-order valence-electron chi connectivity index (χ0n) is 17.2. The molecule has 0 spiro atoms. The third-order valence-corrected chi connectivity index (χ3v) is 5.66. The predicted octanol–water partition coefficient (Wildman–Crippen LogP) is 1.61. The van der Waals surface area contributed by atoms with E-state index >= 15 is 0 Å². The summed E-state index contributed by atoms with van der Waals surface area (Å²) in [7, 11) is 0. The van der Waals surface area contributed by atoms with Crippen molar-refractivity contribution in [2.45, 2.75) is 26.2 Å². The minimum absolute atomic E-state index is 0.0465. The molecule has 0 atom stereocenters. The fraction of sp³-hybridized carbons (Fsp3) is 0.619. The largest absolute Gasteiger partial charge is 0.378 e. The number of ether oxygens (including phenoxy) is 1. The Kier molecular flexibility index (Phi) is 5.29. The molecule has 7 heteroatoms. The first-order valence-corrected chi connectivity index (χ1v) is 10.2. The van der Waals surface area contributed by atoms with Gasteiger partial charge in [-0.3, -0.25) is 9.69 Å². The molecule has 0 radical (unpaired) electrons. The molecular weight excluding hydrogens is 354 g/mol. The molecule has 1 amide bonds. The van der Waals surface area contributed by atoms with Crippen LogP contribution in [0.4, 0.5) is 5.69 Å². The van der Waals surface area contributed by atoms with E-state index in [1.165, 1.54) is 5.69 Å². The Balaban J connectivity index is 1.36. The molecule has 0 aromatic carbocycles. The van der Waals surface area contributed by atoms with Gasteiger partial charge in [0.05, 0.1) is 31.1 Å². The van der Waals surface area contributed by atoms with Crippen LogP contribution in [0.1, 0.15) is 26.5 Å². The van der Waals surface area contributed by atoms with Gasteiger partial charge in [-0.25, -0.2) is 4.98 Å². The van der Waals surface area contributed by atoms with Crippen molar-refractivity contribution in [1.29, 1.82) is 0 Å². The zero-order valence-corrected chi connectivity index (χ0v) is 17.2. The lowest BCUT2D eigenvalue weighted by Gasteiger charge is -2.37. The van der Waals surface area contributed by atoms with E-state index in [1.54, 1.807) is 0 Å². The maximum Gasteiger partial charge on any atom is 0.236 e. The zero-order chi connectivity index (χ0) is 19.7. The third kappa shape index (κ3) is 4.15. The van der Waals surface area contributed by atoms with Gasteiger partial charge >= 0.3 is 0 Å². The van der Waals surface area contributed by atoms with Crippen molar-refractivity contribution in [3.8, 4) is 0 Å². The second-order valence-corrected chi connectivity index (χ2v) is 8.79. The van der Waals surface area contributed by atoms with Crippen LogP contribution in [0.2, 0.25) is 0 Å². The highest BCUT2D eigenvalue weighted by molar-refractivity contribution is 5.78. The lowest BCUT2D eigenvalue weighted by molar-refractivity contribution is -0.136. The van der Waals surface area contributed by atoms with E-state index in [9.17, 15) is 4.79 Å². The van der Waals surface area contributed by atoms with Gasteiger partial charge in [-0.05, 0) is 12.1 Å². The number of carbonyl (C=O) groups excluding carboxylic acids is 1. The average Bonchev–Trinajstić information content (AvgIpc) is 3.13. The Morgan fingerprint density at radius 3 is 2.43 bits per heavy atom. The number of piperazine rings is 1. The number of hydrogen-bond donors (Lipinski definition) is 0. The predicted molar refractivity (Wildman–Crippen MR) is 110 cm³/mol. The molecular formula is C21H31N5O2. The number of nitrogens with zero attached hydrogens (tertiary/aromatic N) is 5. The number of fused-ring (bicyclic) bond motifs is 1. The minimum atomic E-state index is 0.0465. The number of amides is 1. The highest BCUT2D eigenvalue weighted by Crippen LogP contribution is 2.24. The molecule has 152 valence electrons. The molecule has 7 nitrogen and oxygen atoms in total. The molecule has 2 aliphatic heterocycles. The van der Waals surface area contributed by atoms with Crippen molar-refractivity contribution in [2.24, 2.45) is 0 Å². The van der Waals surface area contributed by atoms with Gasteiger partial charge in [-0.2, -0.15) is 0 Å². The number of hydrogen-bond acceptors (Lipinski definition) is 5. The van der Waals surface area contributed by atoms with Crippen LogP contribution in [0.3, 0.4) is 0 Å². The van der Waals surface area contributed by atoms with Crippen LogP contribution >= 0.6 is 0 Å². The van der Waals surface area contributed by atoms with E-state index in [-0.39, 0.29) is 11.3 Å². The number of pyridine rings is 1. The van der Waals surface area contributed by atoms with Crippen LogP contribution in [0.25, 0.3) is 5.65 Å². The highest BCUT2D eigenvalue weighted by atomic mass is 16.5. The quantitative estimate of drug-likeness (QED) is 0.804. The van der Waals surface area contributed by atoms with Crippen LogP contribution in [0.15, 0.2) is 24.5 Å². The fourth-order valence-corrected chi connectivity index (χ4v) is 3.80. The van der Waals surface area contributed by atoms with Crippen LogP contribution in [0, 0.1) is 0 Å². The van der Waals surface area contributed by atoms with Gasteiger partial charge in [0.15, 0.2) is 0 Å². The Morgan fingerprint density at radius 1 is 1.04 bits per heavy atom.